The Hall–Kier alpha value is -1.03. The lowest BCUT2D eigenvalue weighted by atomic mass is 10.1. The van der Waals surface area contributed by atoms with Crippen molar-refractivity contribution in [2.45, 2.75) is 11.3 Å². The lowest BCUT2D eigenvalue weighted by molar-refractivity contribution is 0.600. The number of hydrogen-bond donors (Lipinski definition) is 1. The van der Waals surface area contributed by atoms with Crippen LogP contribution in [0.2, 0.25) is 0 Å². The Kier molecular flexibility index (Phi) is 1.80. The Labute approximate surface area is 77.7 Å². The normalized spacial score (nSPS) is 18.2. The van der Waals surface area contributed by atoms with Gasteiger partial charge in [0, 0.05) is 12.7 Å². The Balaban J connectivity index is 2.59. The van der Waals surface area contributed by atoms with Gasteiger partial charge in [0.15, 0.2) is 9.84 Å². The van der Waals surface area contributed by atoms with Gasteiger partial charge in [0.25, 0.3) is 0 Å². The first-order valence-corrected chi connectivity index (χ1v) is 5.82. The number of fused-ring (bicyclic) bond motifs is 1. The van der Waals surface area contributed by atoms with Crippen LogP contribution in [0.1, 0.15) is 5.56 Å². The molecule has 0 fully saturated rings. The molecule has 0 aliphatic carbocycles. The quantitative estimate of drug-likeness (QED) is 0.732. The number of aryl methyl sites for hydroxylation is 1. The zero-order valence-electron chi connectivity index (χ0n) is 7.37. The summed E-state index contributed by atoms with van der Waals surface area (Å²) >= 11 is 0. The Morgan fingerprint density at radius 3 is 2.85 bits per heavy atom. The molecule has 0 amide bonds. The molecule has 1 aliphatic rings. The molecule has 0 bridgehead atoms. The second-order valence-corrected chi connectivity index (χ2v) is 5.22. The van der Waals surface area contributed by atoms with Gasteiger partial charge in [-0.2, -0.15) is 0 Å². The van der Waals surface area contributed by atoms with Crippen molar-refractivity contribution in [3.05, 3.63) is 23.8 Å². The van der Waals surface area contributed by atoms with Crippen LogP contribution in [-0.4, -0.2) is 21.2 Å². The van der Waals surface area contributed by atoms with Crippen molar-refractivity contribution < 1.29 is 8.42 Å². The minimum atomic E-state index is -2.96. The molecular formula is C9H11NO2S. The summed E-state index contributed by atoms with van der Waals surface area (Å²) in [5, 5.41) is 2.99. The van der Waals surface area contributed by atoms with Crippen molar-refractivity contribution in [1.29, 1.82) is 0 Å². The van der Waals surface area contributed by atoms with Gasteiger partial charge in [0.05, 0.1) is 10.6 Å². The SMILES string of the molecule is CNc1ccc2c(c1)CCS2(=O)=O. The van der Waals surface area contributed by atoms with E-state index in [1.165, 1.54) is 0 Å². The van der Waals surface area contributed by atoms with Crippen molar-refractivity contribution in [3.8, 4) is 0 Å². The third-order valence-electron chi connectivity index (χ3n) is 2.32. The second-order valence-electron chi connectivity index (χ2n) is 3.14. The molecule has 4 heteroatoms. The summed E-state index contributed by atoms with van der Waals surface area (Å²) in [7, 11) is -1.13. The standard InChI is InChI=1S/C9H11NO2S/c1-10-8-2-3-9-7(6-8)4-5-13(9,11)12/h2-3,6,10H,4-5H2,1H3. The predicted octanol–water partition coefficient (Wildman–Crippen LogP) is 1.06. The Bertz CT molecular complexity index is 437. The van der Waals surface area contributed by atoms with Crippen LogP contribution in [0.25, 0.3) is 0 Å². The van der Waals surface area contributed by atoms with Crippen LogP contribution in [0.4, 0.5) is 5.69 Å². The van der Waals surface area contributed by atoms with E-state index in [1.54, 1.807) is 12.1 Å². The highest BCUT2D eigenvalue weighted by molar-refractivity contribution is 7.91. The van der Waals surface area contributed by atoms with E-state index in [2.05, 4.69) is 5.32 Å². The summed E-state index contributed by atoms with van der Waals surface area (Å²) in [4.78, 5) is 0.506. The zero-order chi connectivity index (χ0) is 9.47. The van der Waals surface area contributed by atoms with Crippen molar-refractivity contribution in [3.63, 3.8) is 0 Å². The first-order valence-electron chi connectivity index (χ1n) is 4.17. The topological polar surface area (TPSA) is 46.2 Å². The number of sulfone groups is 1. The van der Waals surface area contributed by atoms with Gasteiger partial charge in [0.1, 0.15) is 0 Å². The van der Waals surface area contributed by atoms with Crippen LogP contribution in [-0.2, 0) is 16.3 Å². The number of anilines is 1. The van der Waals surface area contributed by atoms with Crippen LogP contribution in [0.15, 0.2) is 23.1 Å². The van der Waals surface area contributed by atoms with Crippen LogP contribution in [0.5, 0.6) is 0 Å². The first kappa shape index (κ1) is 8.56. The van der Waals surface area contributed by atoms with Gasteiger partial charge in [-0.1, -0.05) is 0 Å². The van der Waals surface area contributed by atoms with Gasteiger partial charge < -0.3 is 5.32 Å². The molecule has 70 valence electrons. The van der Waals surface area contributed by atoms with Gasteiger partial charge in [-0.05, 0) is 30.2 Å². The fourth-order valence-electron chi connectivity index (χ4n) is 1.59. The fraction of sp³-hybridized carbons (Fsp3) is 0.333. The van der Waals surface area contributed by atoms with E-state index in [0.717, 1.165) is 11.3 Å². The molecule has 0 atom stereocenters. The maximum Gasteiger partial charge on any atom is 0.178 e. The van der Waals surface area contributed by atoms with Crippen LogP contribution < -0.4 is 5.32 Å². The van der Waals surface area contributed by atoms with Crippen molar-refractivity contribution in [1.82, 2.24) is 0 Å². The second kappa shape index (κ2) is 2.73. The minimum Gasteiger partial charge on any atom is -0.388 e. The fourth-order valence-corrected chi connectivity index (χ4v) is 3.13. The van der Waals surface area contributed by atoms with Crippen LogP contribution >= 0.6 is 0 Å². The molecule has 0 aromatic heterocycles. The summed E-state index contributed by atoms with van der Waals surface area (Å²) in [6.45, 7) is 0. The van der Waals surface area contributed by atoms with Crippen LogP contribution in [0.3, 0.4) is 0 Å². The molecule has 1 N–H and O–H groups in total. The summed E-state index contributed by atoms with van der Waals surface area (Å²) < 4.78 is 22.9. The maximum absolute atomic E-state index is 11.4. The Morgan fingerprint density at radius 2 is 2.15 bits per heavy atom. The van der Waals surface area contributed by atoms with Gasteiger partial charge in [-0.15, -0.1) is 0 Å². The van der Waals surface area contributed by atoms with Crippen LogP contribution in [0, 0.1) is 0 Å². The van der Waals surface area contributed by atoms with E-state index < -0.39 is 9.84 Å². The molecule has 1 heterocycles. The Morgan fingerprint density at radius 1 is 1.38 bits per heavy atom. The highest BCUT2D eigenvalue weighted by atomic mass is 32.2. The smallest absolute Gasteiger partial charge is 0.178 e. The summed E-state index contributed by atoms with van der Waals surface area (Å²) in [6.07, 6.45) is 0.646. The predicted molar refractivity (Wildman–Crippen MR) is 51.7 cm³/mol. The van der Waals surface area contributed by atoms with Crippen molar-refractivity contribution in [2.75, 3.05) is 18.1 Å². The number of benzene rings is 1. The van der Waals surface area contributed by atoms with Gasteiger partial charge >= 0.3 is 0 Å². The third-order valence-corrected chi connectivity index (χ3v) is 4.13. The summed E-state index contributed by atoms with van der Waals surface area (Å²) in [6, 6.07) is 5.38. The summed E-state index contributed by atoms with van der Waals surface area (Å²) in [5.74, 6) is 0.259. The molecule has 1 aromatic carbocycles. The summed E-state index contributed by atoms with van der Waals surface area (Å²) in [5.41, 5.74) is 1.91. The molecular weight excluding hydrogens is 186 g/mol. The van der Waals surface area contributed by atoms with Gasteiger partial charge in [-0.25, -0.2) is 8.42 Å². The molecule has 13 heavy (non-hydrogen) atoms. The maximum atomic E-state index is 11.4. The van der Waals surface area contributed by atoms with E-state index >= 15 is 0 Å². The van der Waals surface area contributed by atoms with E-state index in [4.69, 9.17) is 0 Å². The van der Waals surface area contributed by atoms with Gasteiger partial charge in [0.2, 0.25) is 0 Å². The third kappa shape index (κ3) is 1.31. The van der Waals surface area contributed by atoms with E-state index in [0.29, 0.717) is 11.3 Å². The molecule has 0 spiro atoms. The number of hydrogen-bond acceptors (Lipinski definition) is 3. The number of rotatable bonds is 1. The van der Waals surface area contributed by atoms with Crippen molar-refractivity contribution >= 4 is 15.5 Å². The van der Waals surface area contributed by atoms with E-state index in [-0.39, 0.29) is 5.75 Å². The largest absolute Gasteiger partial charge is 0.388 e. The number of nitrogens with one attached hydrogen (secondary N) is 1. The average molecular weight is 197 g/mol. The van der Waals surface area contributed by atoms with Crippen molar-refractivity contribution in [2.24, 2.45) is 0 Å². The zero-order valence-corrected chi connectivity index (χ0v) is 8.19. The molecule has 0 radical (unpaired) electrons. The lowest BCUT2D eigenvalue weighted by Gasteiger charge is -2.02. The highest BCUT2D eigenvalue weighted by Gasteiger charge is 2.25. The molecule has 0 saturated carbocycles. The van der Waals surface area contributed by atoms with Gasteiger partial charge in [-0.3, -0.25) is 0 Å². The molecule has 3 nitrogen and oxygen atoms in total. The van der Waals surface area contributed by atoms with E-state index in [1.807, 2.05) is 13.1 Å². The molecule has 0 saturated heterocycles. The molecule has 2 rings (SSSR count). The van der Waals surface area contributed by atoms with E-state index in [9.17, 15) is 8.42 Å². The highest BCUT2D eigenvalue weighted by Crippen LogP contribution is 2.27. The lowest BCUT2D eigenvalue weighted by Crippen LogP contribution is -1.98. The average Bonchev–Trinajstić information content (AvgIpc) is 2.42. The molecule has 0 unspecified atom stereocenters. The molecule has 1 aromatic rings. The first-order chi connectivity index (χ1) is 6.13. The monoisotopic (exact) mass is 197 g/mol. The molecule has 1 aliphatic heterocycles. The minimum absolute atomic E-state index is 0.259.